The molecule has 2 aliphatic heterocycles. The summed E-state index contributed by atoms with van der Waals surface area (Å²) in [5.74, 6) is 0.156. The molecule has 1 aromatic carbocycles. The highest BCUT2D eigenvalue weighted by molar-refractivity contribution is 5.96. The predicted octanol–water partition coefficient (Wildman–Crippen LogP) is 1.85. The SMILES string of the molecule is O=C1CCCN1c1ccc2c(c1)CCN2C(=O)O. The van der Waals surface area contributed by atoms with E-state index in [2.05, 4.69) is 0 Å². The first kappa shape index (κ1) is 11.1. The number of hydrogen-bond donors (Lipinski definition) is 1. The molecule has 1 N–H and O–H groups in total. The monoisotopic (exact) mass is 246 g/mol. The van der Waals surface area contributed by atoms with Crippen LogP contribution in [0.2, 0.25) is 0 Å². The van der Waals surface area contributed by atoms with Gasteiger partial charge in [0, 0.05) is 25.2 Å². The highest BCUT2D eigenvalue weighted by atomic mass is 16.4. The molecule has 0 radical (unpaired) electrons. The van der Waals surface area contributed by atoms with E-state index in [9.17, 15) is 9.59 Å². The summed E-state index contributed by atoms with van der Waals surface area (Å²) in [6, 6.07) is 5.59. The standard InChI is InChI=1S/C13H14N2O3/c16-12-2-1-6-14(12)10-3-4-11-9(8-10)5-7-15(11)13(17)18/h3-4,8H,1-2,5-7H2,(H,17,18). The molecule has 0 aliphatic carbocycles. The molecule has 1 fully saturated rings. The van der Waals surface area contributed by atoms with Gasteiger partial charge in [-0.1, -0.05) is 0 Å². The van der Waals surface area contributed by atoms with Gasteiger partial charge in [-0.2, -0.15) is 0 Å². The summed E-state index contributed by atoms with van der Waals surface area (Å²) < 4.78 is 0. The van der Waals surface area contributed by atoms with Gasteiger partial charge in [0.05, 0.1) is 5.69 Å². The third kappa shape index (κ3) is 1.63. The molecule has 94 valence electrons. The maximum Gasteiger partial charge on any atom is 0.411 e. The zero-order valence-corrected chi connectivity index (χ0v) is 9.93. The summed E-state index contributed by atoms with van der Waals surface area (Å²) in [6.07, 6.45) is 1.31. The largest absolute Gasteiger partial charge is 0.465 e. The first-order valence-corrected chi connectivity index (χ1v) is 6.10. The van der Waals surface area contributed by atoms with E-state index in [1.54, 1.807) is 11.0 Å². The minimum Gasteiger partial charge on any atom is -0.465 e. The second-order valence-corrected chi connectivity index (χ2v) is 4.65. The Morgan fingerprint density at radius 3 is 2.72 bits per heavy atom. The van der Waals surface area contributed by atoms with Crippen molar-refractivity contribution in [2.24, 2.45) is 0 Å². The fourth-order valence-electron chi connectivity index (χ4n) is 2.68. The Morgan fingerprint density at radius 2 is 2.06 bits per heavy atom. The molecule has 5 heteroatoms. The molecule has 0 bridgehead atoms. The van der Waals surface area contributed by atoms with E-state index in [4.69, 9.17) is 5.11 Å². The highest BCUT2D eigenvalue weighted by Crippen LogP contribution is 2.32. The molecule has 0 saturated carbocycles. The molecule has 0 spiro atoms. The number of benzene rings is 1. The molecule has 1 saturated heterocycles. The van der Waals surface area contributed by atoms with Gasteiger partial charge in [0.15, 0.2) is 0 Å². The van der Waals surface area contributed by atoms with Gasteiger partial charge >= 0.3 is 6.09 Å². The van der Waals surface area contributed by atoms with Crippen molar-refractivity contribution < 1.29 is 14.7 Å². The van der Waals surface area contributed by atoms with Gasteiger partial charge in [-0.3, -0.25) is 9.69 Å². The van der Waals surface area contributed by atoms with Crippen molar-refractivity contribution >= 4 is 23.4 Å². The molecular formula is C13H14N2O3. The molecule has 3 rings (SSSR count). The van der Waals surface area contributed by atoms with Crippen LogP contribution in [-0.4, -0.2) is 30.2 Å². The van der Waals surface area contributed by atoms with E-state index in [1.165, 1.54) is 4.90 Å². The van der Waals surface area contributed by atoms with Crippen LogP contribution in [-0.2, 0) is 11.2 Å². The number of carbonyl (C=O) groups is 2. The third-order valence-electron chi connectivity index (χ3n) is 3.57. The van der Waals surface area contributed by atoms with Crippen molar-refractivity contribution in [3.63, 3.8) is 0 Å². The summed E-state index contributed by atoms with van der Waals surface area (Å²) in [7, 11) is 0. The van der Waals surface area contributed by atoms with Gasteiger partial charge in [0.1, 0.15) is 0 Å². The number of fused-ring (bicyclic) bond motifs is 1. The smallest absolute Gasteiger partial charge is 0.411 e. The fraction of sp³-hybridized carbons (Fsp3) is 0.385. The first-order chi connectivity index (χ1) is 8.66. The van der Waals surface area contributed by atoms with Crippen molar-refractivity contribution in [2.75, 3.05) is 22.9 Å². The second-order valence-electron chi connectivity index (χ2n) is 4.65. The Hall–Kier alpha value is -2.04. The van der Waals surface area contributed by atoms with Crippen molar-refractivity contribution in [3.05, 3.63) is 23.8 Å². The van der Waals surface area contributed by atoms with Crippen LogP contribution in [0.1, 0.15) is 18.4 Å². The first-order valence-electron chi connectivity index (χ1n) is 6.10. The lowest BCUT2D eigenvalue weighted by Gasteiger charge is -2.18. The van der Waals surface area contributed by atoms with Gasteiger partial charge in [0.25, 0.3) is 0 Å². The van der Waals surface area contributed by atoms with Crippen molar-refractivity contribution in [3.8, 4) is 0 Å². The van der Waals surface area contributed by atoms with Crippen LogP contribution in [0.25, 0.3) is 0 Å². The maximum atomic E-state index is 11.7. The van der Waals surface area contributed by atoms with Crippen molar-refractivity contribution in [1.82, 2.24) is 0 Å². The lowest BCUT2D eigenvalue weighted by Crippen LogP contribution is -2.26. The molecule has 0 unspecified atom stereocenters. The van der Waals surface area contributed by atoms with Crippen LogP contribution < -0.4 is 9.80 Å². The minimum absolute atomic E-state index is 0.156. The summed E-state index contributed by atoms with van der Waals surface area (Å²) >= 11 is 0. The van der Waals surface area contributed by atoms with Crippen LogP contribution in [0, 0.1) is 0 Å². The number of anilines is 2. The lowest BCUT2D eigenvalue weighted by molar-refractivity contribution is -0.117. The third-order valence-corrected chi connectivity index (χ3v) is 3.57. The molecular weight excluding hydrogens is 232 g/mol. The van der Waals surface area contributed by atoms with Gasteiger partial charge in [-0.15, -0.1) is 0 Å². The van der Waals surface area contributed by atoms with Crippen molar-refractivity contribution in [2.45, 2.75) is 19.3 Å². The van der Waals surface area contributed by atoms with Gasteiger partial charge in [0.2, 0.25) is 5.91 Å². The van der Waals surface area contributed by atoms with E-state index < -0.39 is 6.09 Å². The Balaban J connectivity index is 1.93. The van der Waals surface area contributed by atoms with E-state index in [0.29, 0.717) is 13.0 Å². The quantitative estimate of drug-likeness (QED) is 0.822. The lowest BCUT2D eigenvalue weighted by atomic mass is 10.1. The number of rotatable bonds is 1. The number of amides is 2. The van der Waals surface area contributed by atoms with Crippen LogP contribution in [0.15, 0.2) is 18.2 Å². The second kappa shape index (κ2) is 4.01. The molecule has 5 nitrogen and oxygen atoms in total. The van der Waals surface area contributed by atoms with E-state index in [1.807, 2.05) is 12.1 Å². The number of nitrogens with zero attached hydrogens (tertiary/aromatic N) is 2. The van der Waals surface area contributed by atoms with E-state index in [0.717, 1.165) is 36.3 Å². The summed E-state index contributed by atoms with van der Waals surface area (Å²) in [5.41, 5.74) is 2.65. The van der Waals surface area contributed by atoms with Crippen LogP contribution in [0.4, 0.5) is 16.2 Å². The predicted molar refractivity (Wildman–Crippen MR) is 67.1 cm³/mol. The van der Waals surface area contributed by atoms with E-state index >= 15 is 0 Å². The number of carboxylic acid groups (broad SMARTS) is 1. The maximum absolute atomic E-state index is 11.7. The van der Waals surface area contributed by atoms with Gasteiger partial charge < -0.3 is 10.0 Å². The molecule has 1 aromatic rings. The van der Waals surface area contributed by atoms with Crippen molar-refractivity contribution in [1.29, 1.82) is 0 Å². The van der Waals surface area contributed by atoms with Crippen LogP contribution in [0.3, 0.4) is 0 Å². The average Bonchev–Trinajstić information content (AvgIpc) is 2.93. The fourth-order valence-corrected chi connectivity index (χ4v) is 2.68. The topological polar surface area (TPSA) is 60.9 Å². The molecule has 2 aliphatic rings. The number of carbonyl (C=O) groups excluding carboxylic acids is 1. The van der Waals surface area contributed by atoms with Crippen LogP contribution >= 0.6 is 0 Å². The summed E-state index contributed by atoms with van der Waals surface area (Å²) in [4.78, 5) is 25.8. The Kier molecular flexibility index (Phi) is 2.47. The molecule has 2 amide bonds. The zero-order valence-electron chi connectivity index (χ0n) is 9.93. The highest BCUT2D eigenvalue weighted by Gasteiger charge is 2.27. The average molecular weight is 246 g/mol. The van der Waals surface area contributed by atoms with Gasteiger partial charge in [-0.05, 0) is 36.6 Å². The Morgan fingerprint density at radius 1 is 1.22 bits per heavy atom. The zero-order chi connectivity index (χ0) is 12.7. The molecule has 18 heavy (non-hydrogen) atoms. The Labute approximate surface area is 105 Å². The molecule has 0 aromatic heterocycles. The Bertz CT molecular complexity index is 527. The van der Waals surface area contributed by atoms with Gasteiger partial charge in [-0.25, -0.2) is 4.79 Å². The molecule has 0 atom stereocenters. The summed E-state index contributed by atoms with van der Waals surface area (Å²) in [5, 5.41) is 9.04. The molecule has 2 heterocycles. The normalized spacial score (nSPS) is 18.3. The minimum atomic E-state index is -0.918. The van der Waals surface area contributed by atoms with E-state index in [-0.39, 0.29) is 5.91 Å². The summed E-state index contributed by atoms with van der Waals surface area (Å²) in [6.45, 7) is 1.27. The number of hydrogen-bond acceptors (Lipinski definition) is 2. The van der Waals surface area contributed by atoms with Crippen LogP contribution in [0.5, 0.6) is 0 Å².